The van der Waals surface area contributed by atoms with Gasteiger partial charge in [0.15, 0.2) is 0 Å². The Bertz CT molecular complexity index is 956. The van der Waals surface area contributed by atoms with E-state index in [1.807, 2.05) is 6.92 Å². The molecule has 30 heavy (non-hydrogen) atoms. The van der Waals surface area contributed by atoms with Gasteiger partial charge in [-0.2, -0.15) is 13.2 Å². The van der Waals surface area contributed by atoms with Gasteiger partial charge in [-0.3, -0.25) is 14.5 Å². The molecule has 0 spiro atoms. The van der Waals surface area contributed by atoms with E-state index in [1.165, 1.54) is 12.1 Å². The van der Waals surface area contributed by atoms with E-state index in [9.17, 15) is 22.8 Å². The minimum atomic E-state index is -4.52. The van der Waals surface area contributed by atoms with Crippen LogP contribution < -0.4 is 5.32 Å². The van der Waals surface area contributed by atoms with Gasteiger partial charge in [0.1, 0.15) is 5.70 Å². The van der Waals surface area contributed by atoms with E-state index < -0.39 is 23.6 Å². The minimum absolute atomic E-state index is 0.0399. The number of amides is 2. The monoisotopic (exact) mass is 418 g/mol. The van der Waals surface area contributed by atoms with E-state index in [1.54, 1.807) is 30.3 Å². The third-order valence-corrected chi connectivity index (χ3v) is 4.56. The molecule has 0 saturated heterocycles. The fourth-order valence-corrected chi connectivity index (χ4v) is 3.15. The van der Waals surface area contributed by atoms with Crippen LogP contribution in [0.2, 0.25) is 0 Å². The number of nitrogens with zero attached hydrogens (tertiary/aromatic N) is 1. The van der Waals surface area contributed by atoms with Crippen molar-refractivity contribution in [2.75, 3.05) is 25.1 Å². The van der Waals surface area contributed by atoms with Gasteiger partial charge in [0.05, 0.1) is 11.1 Å². The summed E-state index contributed by atoms with van der Waals surface area (Å²) in [5, 5.41) is 2.75. The summed E-state index contributed by atoms with van der Waals surface area (Å²) in [6.45, 7) is 2.92. The number of alkyl halides is 3. The smallest absolute Gasteiger partial charge is 0.382 e. The van der Waals surface area contributed by atoms with Crippen molar-refractivity contribution in [3.05, 3.63) is 71.4 Å². The average molecular weight is 418 g/mol. The Morgan fingerprint density at radius 3 is 2.40 bits per heavy atom. The van der Waals surface area contributed by atoms with E-state index in [0.717, 1.165) is 17.0 Å². The van der Waals surface area contributed by atoms with Crippen molar-refractivity contribution >= 4 is 23.1 Å². The molecule has 3 rings (SSSR count). The molecule has 0 aromatic heterocycles. The van der Waals surface area contributed by atoms with E-state index in [4.69, 9.17) is 4.74 Å². The summed E-state index contributed by atoms with van der Waals surface area (Å²) in [4.78, 5) is 27.1. The molecule has 0 bridgehead atoms. The van der Waals surface area contributed by atoms with E-state index >= 15 is 0 Å². The summed E-state index contributed by atoms with van der Waals surface area (Å²) in [5.41, 5.74) is -0.167. The van der Waals surface area contributed by atoms with Gasteiger partial charge in [-0.25, -0.2) is 0 Å². The second-order valence-corrected chi connectivity index (χ2v) is 6.63. The minimum Gasteiger partial charge on any atom is -0.382 e. The summed E-state index contributed by atoms with van der Waals surface area (Å²) in [7, 11) is 0. The second-order valence-electron chi connectivity index (χ2n) is 6.63. The average Bonchev–Trinajstić information content (AvgIpc) is 2.95. The Morgan fingerprint density at radius 1 is 1.00 bits per heavy atom. The summed E-state index contributed by atoms with van der Waals surface area (Å²) in [5.74, 6) is -1.06. The summed E-state index contributed by atoms with van der Waals surface area (Å²) >= 11 is 0. The summed E-state index contributed by atoms with van der Waals surface area (Å²) < 4.78 is 44.4. The molecule has 2 aromatic rings. The van der Waals surface area contributed by atoms with Crippen LogP contribution in [0.25, 0.3) is 5.57 Å². The maximum atomic E-state index is 13.0. The molecular weight excluding hydrogens is 397 g/mol. The molecule has 0 fully saturated rings. The molecule has 8 heteroatoms. The predicted molar refractivity (Wildman–Crippen MR) is 106 cm³/mol. The normalized spacial score (nSPS) is 14.6. The molecule has 1 aliphatic rings. The van der Waals surface area contributed by atoms with Gasteiger partial charge in [-0.15, -0.1) is 0 Å². The zero-order valence-electron chi connectivity index (χ0n) is 16.3. The lowest BCUT2D eigenvalue weighted by Gasteiger charge is -2.15. The van der Waals surface area contributed by atoms with Crippen molar-refractivity contribution < 1.29 is 27.5 Å². The van der Waals surface area contributed by atoms with Gasteiger partial charge in [-0.05, 0) is 37.1 Å². The Labute approximate surface area is 172 Å². The third-order valence-electron chi connectivity index (χ3n) is 4.56. The molecule has 0 aliphatic carbocycles. The first-order chi connectivity index (χ1) is 14.3. The molecule has 0 radical (unpaired) electrons. The number of nitrogens with one attached hydrogen (secondary N) is 1. The number of halogens is 3. The first-order valence-corrected chi connectivity index (χ1v) is 9.51. The van der Waals surface area contributed by atoms with Gasteiger partial charge in [0, 0.05) is 25.4 Å². The van der Waals surface area contributed by atoms with Crippen molar-refractivity contribution in [1.82, 2.24) is 4.90 Å². The summed E-state index contributed by atoms with van der Waals surface area (Å²) in [6.07, 6.45) is -4.06. The highest BCUT2D eigenvalue weighted by Gasteiger charge is 2.39. The fourth-order valence-electron chi connectivity index (χ4n) is 3.15. The van der Waals surface area contributed by atoms with Crippen LogP contribution >= 0.6 is 0 Å². The number of ether oxygens (including phenoxy) is 1. The number of imide groups is 1. The number of benzene rings is 2. The van der Waals surface area contributed by atoms with E-state index in [-0.39, 0.29) is 23.5 Å². The molecule has 1 aliphatic heterocycles. The van der Waals surface area contributed by atoms with Gasteiger partial charge < -0.3 is 10.1 Å². The number of carbonyl (C=O) groups excluding carboxylic acids is 2. The van der Waals surface area contributed by atoms with Crippen molar-refractivity contribution in [3.63, 3.8) is 0 Å². The molecule has 158 valence electrons. The van der Waals surface area contributed by atoms with Crippen LogP contribution in [0.3, 0.4) is 0 Å². The quantitative estimate of drug-likeness (QED) is 0.512. The lowest BCUT2D eigenvalue weighted by Crippen LogP contribution is -2.34. The lowest BCUT2D eigenvalue weighted by molar-refractivity contribution is -0.138. The van der Waals surface area contributed by atoms with Crippen LogP contribution in [0, 0.1) is 0 Å². The van der Waals surface area contributed by atoms with Gasteiger partial charge in [0.2, 0.25) is 0 Å². The Balaban J connectivity index is 1.94. The maximum absolute atomic E-state index is 13.0. The van der Waals surface area contributed by atoms with Crippen LogP contribution in [-0.4, -0.2) is 36.5 Å². The molecule has 5 nitrogen and oxygen atoms in total. The maximum Gasteiger partial charge on any atom is 0.416 e. The molecule has 2 amide bonds. The second kappa shape index (κ2) is 9.13. The van der Waals surface area contributed by atoms with Crippen LogP contribution in [0.4, 0.5) is 18.9 Å². The molecular formula is C22H21F3N2O3. The van der Waals surface area contributed by atoms with E-state index in [2.05, 4.69) is 5.32 Å². The first-order valence-electron chi connectivity index (χ1n) is 9.51. The molecule has 0 saturated carbocycles. The molecule has 1 N–H and O–H groups in total. The van der Waals surface area contributed by atoms with Gasteiger partial charge in [0.25, 0.3) is 11.8 Å². The van der Waals surface area contributed by atoms with Crippen molar-refractivity contribution in [1.29, 1.82) is 0 Å². The number of rotatable bonds is 8. The highest BCUT2D eigenvalue weighted by Crippen LogP contribution is 2.33. The van der Waals surface area contributed by atoms with Crippen LogP contribution in [0.5, 0.6) is 0 Å². The third kappa shape index (κ3) is 4.71. The number of hydrogen-bond acceptors (Lipinski definition) is 4. The van der Waals surface area contributed by atoms with Crippen LogP contribution in [0.1, 0.15) is 24.5 Å². The van der Waals surface area contributed by atoms with E-state index in [0.29, 0.717) is 25.2 Å². The standard InChI is InChI=1S/C22H21F3N2O3/c1-2-30-13-7-12-27-20(28)18(15-8-4-3-5-9-15)19(21(27)29)26-17-11-6-10-16(14-17)22(23,24)25/h3-6,8-11,14,26H,2,7,12-13H2,1H3. The topological polar surface area (TPSA) is 58.6 Å². The fraction of sp³-hybridized carbons (Fsp3) is 0.273. The summed E-state index contributed by atoms with van der Waals surface area (Å²) in [6, 6.07) is 13.1. The number of hydrogen-bond donors (Lipinski definition) is 1. The first kappa shape index (κ1) is 21.6. The molecule has 0 unspecified atom stereocenters. The Morgan fingerprint density at radius 2 is 1.73 bits per heavy atom. The highest BCUT2D eigenvalue weighted by atomic mass is 19.4. The molecule has 1 heterocycles. The largest absolute Gasteiger partial charge is 0.416 e. The molecule has 0 atom stereocenters. The molecule has 2 aromatic carbocycles. The van der Waals surface area contributed by atoms with Crippen molar-refractivity contribution in [2.45, 2.75) is 19.5 Å². The van der Waals surface area contributed by atoms with Crippen LogP contribution in [0.15, 0.2) is 60.3 Å². The SMILES string of the molecule is CCOCCCN1C(=O)C(Nc2cccc(C(F)(F)F)c2)=C(c2ccccc2)C1=O. The highest BCUT2D eigenvalue weighted by molar-refractivity contribution is 6.36. The van der Waals surface area contributed by atoms with Gasteiger partial charge >= 0.3 is 6.18 Å². The Hall–Kier alpha value is -3.13. The zero-order valence-corrected chi connectivity index (χ0v) is 16.3. The van der Waals surface area contributed by atoms with Crippen molar-refractivity contribution in [2.24, 2.45) is 0 Å². The Kier molecular flexibility index (Phi) is 6.56. The van der Waals surface area contributed by atoms with Crippen molar-refractivity contribution in [3.8, 4) is 0 Å². The van der Waals surface area contributed by atoms with Gasteiger partial charge in [-0.1, -0.05) is 36.4 Å². The number of carbonyl (C=O) groups is 2. The van der Waals surface area contributed by atoms with Crippen LogP contribution in [-0.2, 0) is 20.5 Å². The zero-order chi connectivity index (χ0) is 21.7. The lowest BCUT2D eigenvalue weighted by atomic mass is 10.0. The predicted octanol–water partition coefficient (Wildman–Crippen LogP) is 4.32. The number of anilines is 1.